The molecule has 0 amide bonds. The minimum Gasteiger partial charge on any atom is -0.299 e. The van der Waals surface area contributed by atoms with Crippen molar-refractivity contribution in [3.05, 3.63) is 132 Å². The fourth-order valence-electron chi connectivity index (χ4n) is 4.68. The monoisotopic (exact) mass is 502 g/mol. The molecule has 6 nitrogen and oxygen atoms in total. The van der Waals surface area contributed by atoms with Crippen LogP contribution in [0.3, 0.4) is 0 Å². The van der Waals surface area contributed by atoms with E-state index in [2.05, 4.69) is 68.3 Å². The summed E-state index contributed by atoms with van der Waals surface area (Å²) < 4.78 is 0. The van der Waals surface area contributed by atoms with Crippen LogP contribution in [0.1, 0.15) is 22.5 Å². The molecule has 2 aromatic heterocycles. The summed E-state index contributed by atoms with van der Waals surface area (Å²) in [6.45, 7) is 7.63. The van der Waals surface area contributed by atoms with Crippen LogP contribution in [-0.4, -0.2) is 83.5 Å². The Balaban J connectivity index is 1.14. The minimum atomic E-state index is 0.760. The molecular formula is C32H34N6. The Hall–Kier alpha value is -4.00. The first-order valence-corrected chi connectivity index (χ1v) is 13.3. The van der Waals surface area contributed by atoms with Gasteiger partial charge in [0.05, 0.1) is 35.9 Å². The third-order valence-electron chi connectivity index (χ3n) is 6.75. The fraction of sp³-hybridized carbons (Fsp3) is 0.250. The quantitative estimate of drug-likeness (QED) is 0.300. The molecule has 1 aliphatic heterocycles. The third-order valence-corrected chi connectivity index (χ3v) is 6.75. The predicted molar refractivity (Wildman–Crippen MR) is 155 cm³/mol. The van der Waals surface area contributed by atoms with Crippen LogP contribution < -0.4 is 0 Å². The second kappa shape index (κ2) is 13.5. The van der Waals surface area contributed by atoms with E-state index in [1.807, 2.05) is 60.9 Å². The molecule has 0 aliphatic carbocycles. The smallest absolute Gasteiger partial charge is 0.0903 e. The Labute approximate surface area is 225 Å². The number of aliphatic imine (C=N–C) groups is 2. The second-order valence-electron chi connectivity index (χ2n) is 9.31. The molecule has 1 aliphatic rings. The molecule has 1 saturated heterocycles. The summed E-state index contributed by atoms with van der Waals surface area (Å²) in [4.78, 5) is 24.1. The maximum Gasteiger partial charge on any atom is 0.0903 e. The highest BCUT2D eigenvalue weighted by Gasteiger charge is 2.17. The number of rotatable bonds is 10. The lowest BCUT2D eigenvalue weighted by Gasteiger charge is -2.34. The van der Waals surface area contributed by atoms with Crippen molar-refractivity contribution in [1.29, 1.82) is 0 Å². The molecule has 4 aromatic rings. The van der Waals surface area contributed by atoms with Gasteiger partial charge in [-0.3, -0.25) is 29.8 Å². The lowest BCUT2D eigenvalue weighted by Crippen LogP contribution is -2.47. The molecule has 0 N–H and O–H groups in total. The van der Waals surface area contributed by atoms with E-state index in [0.29, 0.717) is 0 Å². The average molecular weight is 503 g/mol. The van der Waals surface area contributed by atoms with Crippen molar-refractivity contribution in [1.82, 2.24) is 19.8 Å². The van der Waals surface area contributed by atoms with E-state index in [0.717, 1.165) is 86.3 Å². The van der Waals surface area contributed by atoms with E-state index in [1.165, 1.54) is 0 Å². The molecule has 5 rings (SSSR count). The zero-order valence-corrected chi connectivity index (χ0v) is 21.7. The topological polar surface area (TPSA) is 57.0 Å². The predicted octanol–water partition coefficient (Wildman–Crippen LogP) is 4.47. The van der Waals surface area contributed by atoms with Crippen molar-refractivity contribution in [2.75, 3.05) is 52.4 Å². The Morgan fingerprint density at radius 3 is 1.29 bits per heavy atom. The highest BCUT2D eigenvalue weighted by Crippen LogP contribution is 2.11. The Morgan fingerprint density at radius 1 is 0.526 bits per heavy atom. The lowest BCUT2D eigenvalue weighted by molar-refractivity contribution is 0.138. The van der Waals surface area contributed by atoms with Gasteiger partial charge in [-0.1, -0.05) is 72.8 Å². The molecule has 0 bridgehead atoms. The molecule has 2 aromatic carbocycles. The van der Waals surface area contributed by atoms with Crippen molar-refractivity contribution >= 4 is 11.4 Å². The number of piperazine rings is 1. The maximum atomic E-state index is 4.98. The standard InChI is InChI=1S/C32H34N6/c1-3-11-27(12-4-1)31(29-15-7-9-17-33-29)35-19-21-37-23-25-38(26-24-37)22-20-36-32(28-13-5-2-6-14-28)30-16-8-10-18-34-30/h1-18H,19-26H2. The molecule has 1 fully saturated rings. The van der Waals surface area contributed by atoms with Crippen molar-refractivity contribution in [2.24, 2.45) is 9.98 Å². The zero-order valence-electron chi connectivity index (χ0n) is 21.7. The molecule has 6 heteroatoms. The van der Waals surface area contributed by atoms with E-state index in [1.54, 1.807) is 0 Å². The molecule has 0 atom stereocenters. The molecule has 192 valence electrons. The van der Waals surface area contributed by atoms with Gasteiger partial charge in [0.1, 0.15) is 0 Å². The van der Waals surface area contributed by atoms with Crippen molar-refractivity contribution in [3.63, 3.8) is 0 Å². The van der Waals surface area contributed by atoms with Gasteiger partial charge in [0.15, 0.2) is 0 Å². The summed E-state index contributed by atoms with van der Waals surface area (Å²) in [5.41, 5.74) is 5.98. The summed E-state index contributed by atoms with van der Waals surface area (Å²) in [6, 6.07) is 32.7. The van der Waals surface area contributed by atoms with E-state index in [-0.39, 0.29) is 0 Å². The van der Waals surface area contributed by atoms with Crippen LogP contribution in [0, 0.1) is 0 Å². The van der Waals surface area contributed by atoms with Crippen LogP contribution >= 0.6 is 0 Å². The van der Waals surface area contributed by atoms with Crippen LogP contribution in [0.5, 0.6) is 0 Å². The Bertz CT molecular complexity index is 1110. The van der Waals surface area contributed by atoms with Crippen LogP contribution in [0.2, 0.25) is 0 Å². The van der Waals surface area contributed by atoms with E-state index in [4.69, 9.17) is 9.98 Å². The molecule has 38 heavy (non-hydrogen) atoms. The molecule has 0 saturated carbocycles. The molecular weight excluding hydrogens is 468 g/mol. The van der Waals surface area contributed by atoms with Gasteiger partial charge in [-0.15, -0.1) is 0 Å². The van der Waals surface area contributed by atoms with Gasteiger partial charge in [-0.2, -0.15) is 0 Å². The van der Waals surface area contributed by atoms with Crippen molar-refractivity contribution in [3.8, 4) is 0 Å². The average Bonchev–Trinajstić information content (AvgIpc) is 3.00. The van der Waals surface area contributed by atoms with Gasteiger partial charge >= 0.3 is 0 Å². The number of pyridine rings is 2. The summed E-state index contributed by atoms with van der Waals surface area (Å²) in [7, 11) is 0. The highest BCUT2D eigenvalue weighted by atomic mass is 15.3. The molecule has 0 unspecified atom stereocenters. The number of aromatic nitrogens is 2. The molecule has 3 heterocycles. The van der Waals surface area contributed by atoms with Gasteiger partial charge in [0, 0.05) is 62.8 Å². The van der Waals surface area contributed by atoms with Crippen LogP contribution in [0.4, 0.5) is 0 Å². The SMILES string of the molecule is c1ccc(C(=NCCN2CCN(CCN=C(c3ccccc3)c3ccccn3)CC2)c2ccccn2)cc1. The summed E-state index contributed by atoms with van der Waals surface area (Å²) in [6.07, 6.45) is 3.66. The third kappa shape index (κ3) is 7.06. The van der Waals surface area contributed by atoms with Gasteiger partial charge in [-0.25, -0.2) is 0 Å². The zero-order chi connectivity index (χ0) is 25.8. The molecule has 0 radical (unpaired) electrons. The van der Waals surface area contributed by atoms with Crippen molar-refractivity contribution in [2.45, 2.75) is 0 Å². The van der Waals surface area contributed by atoms with Gasteiger partial charge in [-0.05, 0) is 24.3 Å². The summed E-state index contributed by atoms with van der Waals surface area (Å²) in [5.74, 6) is 0. The van der Waals surface area contributed by atoms with Crippen molar-refractivity contribution < 1.29 is 0 Å². The lowest BCUT2D eigenvalue weighted by atomic mass is 10.1. The normalized spacial score (nSPS) is 15.5. The van der Waals surface area contributed by atoms with E-state index < -0.39 is 0 Å². The first-order valence-electron chi connectivity index (χ1n) is 13.3. The van der Waals surface area contributed by atoms with Crippen LogP contribution in [0.25, 0.3) is 0 Å². The van der Waals surface area contributed by atoms with Crippen LogP contribution in [-0.2, 0) is 0 Å². The van der Waals surface area contributed by atoms with Gasteiger partial charge < -0.3 is 0 Å². The number of hydrogen-bond donors (Lipinski definition) is 0. The Morgan fingerprint density at radius 2 is 0.921 bits per heavy atom. The largest absolute Gasteiger partial charge is 0.299 e. The number of hydrogen-bond acceptors (Lipinski definition) is 6. The first kappa shape index (κ1) is 25.6. The maximum absolute atomic E-state index is 4.98. The van der Waals surface area contributed by atoms with Crippen LogP contribution in [0.15, 0.2) is 119 Å². The highest BCUT2D eigenvalue weighted by molar-refractivity contribution is 6.12. The van der Waals surface area contributed by atoms with E-state index in [9.17, 15) is 0 Å². The second-order valence-corrected chi connectivity index (χ2v) is 9.31. The van der Waals surface area contributed by atoms with Gasteiger partial charge in [0.2, 0.25) is 0 Å². The molecule has 0 spiro atoms. The fourth-order valence-corrected chi connectivity index (χ4v) is 4.68. The summed E-state index contributed by atoms with van der Waals surface area (Å²) in [5, 5.41) is 0. The number of nitrogens with zero attached hydrogens (tertiary/aromatic N) is 6. The Kier molecular flexibility index (Phi) is 9.12. The summed E-state index contributed by atoms with van der Waals surface area (Å²) >= 11 is 0. The first-order chi connectivity index (χ1) is 18.9. The minimum absolute atomic E-state index is 0.760. The van der Waals surface area contributed by atoms with E-state index >= 15 is 0 Å². The van der Waals surface area contributed by atoms with Gasteiger partial charge in [0.25, 0.3) is 0 Å². The number of benzene rings is 2.